The lowest BCUT2D eigenvalue weighted by Crippen LogP contribution is -2.18. The van der Waals surface area contributed by atoms with Crippen LogP contribution in [0.3, 0.4) is 0 Å². The monoisotopic (exact) mass is 223 g/mol. The lowest BCUT2D eigenvalue weighted by atomic mass is 10.1. The van der Waals surface area contributed by atoms with Crippen LogP contribution in [0.1, 0.15) is 51.2 Å². The first kappa shape index (κ1) is 13.3. The Hall–Kier alpha value is -0.760. The van der Waals surface area contributed by atoms with E-state index in [2.05, 4.69) is 12.2 Å². The molecular weight excluding hydrogens is 198 g/mol. The molecule has 0 amide bonds. The van der Waals surface area contributed by atoms with Crippen molar-refractivity contribution in [1.29, 1.82) is 0 Å². The van der Waals surface area contributed by atoms with Crippen molar-refractivity contribution in [2.45, 2.75) is 51.9 Å². The minimum absolute atomic E-state index is 1.00. The molecule has 1 N–H and O–H groups in total. The third-order valence-electron chi connectivity index (χ3n) is 2.84. The molecule has 0 radical (unpaired) electrons. The Morgan fingerprint density at radius 2 is 1.88 bits per heavy atom. The zero-order valence-corrected chi connectivity index (χ0v) is 10.5. The SMILES string of the molecule is CCCCCCCCNCCc1ccco1. The summed E-state index contributed by atoms with van der Waals surface area (Å²) in [6.45, 7) is 4.44. The predicted octanol–water partition coefficient (Wildman–Crippen LogP) is 3.77. The Morgan fingerprint density at radius 3 is 2.62 bits per heavy atom. The molecule has 16 heavy (non-hydrogen) atoms. The highest BCUT2D eigenvalue weighted by molar-refractivity contribution is 4.98. The molecule has 0 unspecified atom stereocenters. The number of hydrogen-bond acceptors (Lipinski definition) is 2. The summed E-state index contributed by atoms with van der Waals surface area (Å²) in [4.78, 5) is 0. The largest absolute Gasteiger partial charge is 0.469 e. The van der Waals surface area contributed by atoms with E-state index in [1.54, 1.807) is 6.26 Å². The van der Waals surface area contributed by atoms with E-state index >= 15 is 0 Å². The summed E-state index contributed by atoms with van der Waals surface area (Å²) in [5.74, 6) is 1.08. The third-order valence-corrected chi connectivity index (χ3v) is 2.84. The molecule has 1 aromatic rings. The molecule has 0 bridgehead atoms. The molecule has 2 heteroatoms. The zero-order chi connectivity index (χ0) is 11.5. The Morgan fingerprint density at radius 1 is 1.06 bits per heavy atom. The van der Waals surface area contributed by atoms with Gasteiger partial charge in [-0.05, 0) is 25.1 Å². The fourth-order valence-corrected chi connectivity index (χ4v) is 1.82. The van der Waals surface area contributed by atoms with Crippen LogP contribution in [0.2, 0.25) is 0 Å². The van der Waals surface area contributed by atoms with Crippen molar-refractivity contribution in [2.75, 3.05) is 13.1 Å². The first-order valence-corrected chi connectivity index (χ1v) is 6.66. The van der Waals surface area contributed by atoms with Gasteiger partial charge < -0.3 is 9.73 Å². The second kappa shape index (κ2) is 9.46. The van der Waals surface area contributed by atoms with E-state index in [-0.39, 0.29) is 0 Å². The number of nitrogens with one attached hydrogen (secondary N) is 1. The molecule has 1 rings (SSSR count). The maximum atomic E-state index is 5.27. The van der Waals surface area contributed by atoms with E-state index in [1.807, 2.05) is 12.1 Å². The van der Waals surface area contributed by atoms with Crippen LogP contribution in [0.25, 0.3) is 0 Å². The van der Waals surface area contributed by atoms with Crippen molar-refractivity contribution in [3.05, 3.63) is 24.2 Å². The lowest BCUT2D eigenvalue weighted by Gasteiger charge is -2.03. The van der Waals surface area contributed by atoms with E-state index < -0.39 is 0 Å². The molecule has 0 aliphatic carbocycles. The van der Waals surface area contributed by atoms with E-state index in [4.69, 9.17) is 4.42 Å². The van der Waals surface area contributed by atoms with E-state index in [1.165, 1.54) is 38.5 Å². The molecule has 1 heterocycles. The van der Waals surface area contributed by atoms with Crippen molar-refractivity contribution >= 4 is 0 Å². The Labute approximate surface area is 99.4 Å². The first-order chi connectivity index (χ1) is 7.93. The van der Waals surface area contributed by atoms with Crippen LogP contribution in [0.15, 0.2) is 22.8 Å². The van der Waals surface area contributed by atoms with Crippen molar-refractivity contribution < 1.29 is 4.42 Å². The van der Waals surface area contributed by atoms with Gasteiger partial charge in [0.1, 0.15) is 5.76 Å². The van der Waals surface area contributed by atoms with Crippen LogP contribution >= 0.6 is 0 Å². The third kappa shape index (κ3) is 6.67. The van der Waals surface area contributed by atoms with Crippen LogP contribution in [0.4, 0.5) is 0 Å². The maximum Gasteiger partial charge on any atom is 0.105 e. The molecule has 0 aliphatic heterocycles. The van der Waals surface area contributed by atoms with E-state index in [9.17, 15) is 0 Å². The highest BCUT2D eigenvalue weighted by Gasteiger charge is 1.94. The highest BCUT2D eigenvalue weighted by atomic mass is 16.3. The van der Waals surface area contributed by atoms with Crippen molar-refractivity contribution in [2.24, 2.45) is 0 Å². The van der Waals surface area contributed by atoms with Gasteiger partial charge in [0.15, 0.2) is 0 Å². The second-order valence-electron chi connectivity index (χ2n) is 4.35. The summed E-state index contributed by atoms with van der Waals surface area (Å²) in [6.07, 6.45) is 10.9. The van der Waals surface area contributed by atoms with Gasteiger partial charge in [0, 0.05) is 13.0 Å². The average Bonchev–Trinajstić information content (AvgIpc) is 2.80. The van der Waals surface area contributed by atoms with Crippen LogP contribution in [0.5, 0.6) is 0 Å². The summed E-state index contributed by atoms with van der Waals surface area (Å²) in [6, 6.07) is 3.98. The van der Waals surface area contributed by atoms with Gasteiger partial charge in [0.25, 0.3) is 0 Å². The Balaban J connectivity index is 1.78. The number of rotatable bonds is 10. The smallest absolute Gasteiger partial charge is 0.105 e. The van der Waals surface area contributed by atoms with Gasteiger partial charge in [0.2, 0.25) is 0 Å². The van der Waals surface area contributed by atoms with Gasteiger partial charge in [-0.25, -0.2) is 0 Å². The molecule has 0 fully saturated rings. The molecule has 0 aromatic carbocycles. The predicted molar refractivity (Wildman–Crippen MR) is 68.7 cm³/mol. The number of unbranched alkanes of at least 4 members (excludes halogenated alkanes) is 5. The van der Waals surface area contributed by atoms with Crippen LogP contribution in [0, 0.1) is 0 Å². The van der Waals surface area contributed by atoms with Gasteiger partial charge in [-0.15, -0.1) is 0 Å². The number of furan rings is 1. The fourth-order valence-electron chi connectivity index (χ4n) is 1.82. The molecule has 1 aromatic heterocycles. The summed E-state index contributed by atoms with van der Waals surface area (Å²) >= 11 is 0. The lowest BCUT2D eigenvalue weighted by molar-refractivity contribution is 0.495. The summed E-state index contributed by atoms with van der Waals surface area (Å²) < 4.78 is 5.27. The summed E-state index contributed by atoms with van der Waals surface area (Å²) in [5, 5.41) is 3.45. The minimum Gasteiger partial charge on any atom is -0.469 e. The van der Waals surface area contributed by atoms with Crippen LogP contribution in [-0.2, 0) is 6.42 Å². The van der Waals surface area contributed by atoms with Crippen molar-refractivity contribution in [3.63, 3.8) is 0 Å². The molecule has 0 saturated heterocycles. The fraction of sp³-hybridized carbons (Fsp3) is 0.714. The van der Waals surface area contributed by atoms with Crippen LogP contribution < -0.4 is 5.32 Å². The highest BCUT2D eigenvalue weighted by Crippen LogP contribution is 2.04. The molecule has 2 nitrogen and oxygen atoms in total. The number of hydrogen-bond donors (Lipinski definition) is 1. The van der Waals surface area contributed by atoms with Crippen molar-refractivity contribution in [3.8, 4) is 0 Å². The first-order valence-electron chi connectivity index (χ1n) is 6.66. The molecule has 0 saturated carbocycles. The molecule has 0 spiro atoms. The summed E-state index contributed by atoms with van der Waals surface area (Å²) in [5.41, 5.74) is 0. The van der Waals surface area contributed by atoms with Crippen molar-refractivity contribution in [1.82, 2.24) is 5.32 Å². The van der Waals surface area contributed by atoms with E-state index in [0.717, 1.165) is 25.3 Å². The Bertz CT molecular complexity index is 231. The minimum atomic E-state index is 1.00. The maximum absolute atomic E-state index is 5.27. The van der Waals surface area contributed by atoms with Gasteiger partial charge in [-0.1, -0.05) is 39.0 Å². The quantitative estimate of drug-likeness (QED) is 0.611. The van der Waals surface area contributed by atoms with Gasteiger partial charge in [-0.3, -0.25) is 0 Å². The van der Waals surface area contributed by atoms with E-state index in [0.29, 0.717) is 0 Å². The average molecular weight is 223 g/mol. The topological polar surface area (TPSA) is 25.2 Å². The second-order valence-corrected chi connectivity index (χ2v) is 4.35. The van der Waals surface area contributed by atoms with Gasteiger partial charge in [0.05, 0.1) is 6.26 Å². The standard InChI is InChI=1S/C14H25NO/c1-2-3-4-5-6-7-11-15-12-10-14-9-8-13-16-14/h8-9,13,15H,2-7,10-12H2,1H3. The molecule has 0 aliphatic rings. The summed E-state index contributed by atoms with van der Waals surface area (Å²) in [7, 11) is 0. The van der Waals surface area contributed by atoms with Gasteiger partial charge >= 0.3 is 0 Å². The zero-order valence-electron chi connectivity index (χ0n) is 10.5. The molecule has 92 valence electrons. The normalized spacial score (nSPS) is 10.8. The molecular formula is C14H25NO. The Kier molecular flexibility index (Phi) is 7.87. The molecule has 0 atom stereocenters. The van der Waals surface area contributed by atoms with Gasteiger partial charge in [-0.2, -0.15) is 0 Å². The van der Waals surface area contributed by atoms with Crippen LogP contribution in [-0.4, -0.2) is 13.1 Å².